The van der Waals surface area contributed by atoms with E-state index in [9.17, 15) is 19.8 Å². The average molecular weight is 581 g/mol. The maximum absolute atomic E-state index is 13.1. The Labute approximate surface area is 254 Å². The predicted octanol–water partition coefficient (Wildman–Crippen LogP) is 7.52. The average Bonchev–Trinajstić information content (AvgIpc) is 2.89. The first-order chi connectivity index (χ1) is 19.6. The van der Waals surface area contributed by atoms with Crippen molar-refractivity contribution in [2.75, 3.05) is 0 Å². The van der Waals surface area contributed by atoms with E-state index in [-0.39, 0.29) is 22.6 Å². The molecule has 0 fully saturated rings. The molecule has 0 saturated heterocycles. The van der Waals surface area contributed by atoms with Crippen molar-refractivity contribution in [1.29, 1.82) is 0 Å². The van der Waals surface area contributed by atoms with Crippen LogP contribution in [0.3, 0.4) is 0 Å². The van der Waals surface area contributed by atoms with Crippen LogP contribution in [-0.2, 0) is 46.1 Å². The summed E-state index contributed by atoms with van der Waals surface area (Å²) in [6, 6.07) is 7.76. The largest absolute Gasteiger partial charge is 0.508 e. The number of nitrogens with one attached hydrogen (secondary N) is 2. The number of hydrogen-bond donors (Lipinski definition) is 4. The Hall–Kier alpha value is -3.02. The van der Waals surface area contributed by atoms with E-state index in [0.29, 0.717) is 43.6 Å². The van der Waals surface area contributed by atoms with Gasteiger partial charge in [0.25, 0.3) is 0 Å². The topological polar surface area (TPSA) is 98.7 Å². The first-order valence-electron chi connectivity index (χ1n) is 15.9. The van der Waals surface area contributed by atoms with Crippen LogP contribution in [0.25, 0.3) is 0 Å². The summed E-state index contributed by atoms with van der Waals surface area (Å²) in [6.07, 6.45) is 6.61. The summed E-state index contributed by atoms with van der Waals surface area (Å²) < 4.78 is 0. The van der Waals surface area contributed by atoms with Crippen molar-refractivity contribution >= 4 is 11.8 Å². The van der Waals surface area contributed by atoms with Gasteiger partial charge in [-0.05, 0) is 94.9 Å². The zero-order chi connectivity index (χ0) is 31.7. The van der Waals surface area contributed by atoms with Gasteiger partial charge in [-0.2, -0.15) is 0 Å². The Morgan fingerprint density at radius 1 is 0.667 bits per heavy atom. The zero-order valence-corrected chi connectivity index (χ0v) is 27.7. The second-order valence-electron chi connectivity index (χ2n) is 13.7. The summed E-state index contributed by atoms with van der Waals surface area (Å²) in [5.74, 6) is 0.426. The number of aryl methyl sites for hydroxylation is 4. The molecule has 0 aromatic heterocycles. The van der Waals surface area contributed by atoms with Crippen LogP contribution in [0.2, 0.25) is 0 Å². The van der Waals surface area contributed by atoms with Gasteiger partial charge in [-0.25, -0.2) is 0 Å². The third-order valence-corrected chi connectivity index (χ3v) is 8.02. The van der Waals surface area contributed by atoms with Crippen molar-refractivity contribution in [2.24, 2.45) is 0 Å². The van der Waals surface area contributed by atoms with Crippen LogP contribution in [-0.4, -0.2) is 28.2 Å². The second-order valence-corrected chi connectivity index (χ2v) is 13.7. The lowest BCUT2D eigenvalue weighted by atomic mass is 9.83. The molecule has 2 amide bonds. The zero-order valence-electron chi connectivity index (χ0n) is 27.7. The summed E-state index contributed by atoms with van der Waals surface area (Å²) in [5, 5.41) is 27.2. The Bertz CT molecular complexity index is 1110. The summed E-state index contributed by atoms with van der Waals surface area (Å²) >= 11 is 0. The molecule has 2 aromatic rings. The van der Waals surface area contributed by atoms with Crippen LogP contribution in [0, 0.1) is 0 Å². The van der Waals surface area contributed by atoms with Gasteiger partial charge in [0.05, 0.1) is 0 Å². The molecule has 0 aliphatic carbocycles. The van der Waals surface area contributed by atoms with Gasteiger partial charge in [0.1, 0.15) is 17.7 Å². The highest BCUT2D eigenvalue weighted by molar-refractivity contribution is 5.79. The maximum atomic E-state index is 13.1. The van der Waals surface area contributed by atoms with Crippen LogP contribution >= 0.6 is 0 Å². The monoisotopic (exact) mass is 580 g/mol. The quantitative estimate of drug-likeness (QED) is 0.137. The van der Waals surface area contributed by atoms with E-state index in [0.717, 1.165) is 65.5 Å². The van der Waals surface area contributed by atoms with Crippen molar-refractivity contribution in [3.63, 3.8) is 0 Å². The second kappa shape index (κ2) is 15.5. The third-order valence-electron chi connectivity index (χ3n) is 8.02. The van der Waals surface area contributed by atoms with Gasteiger partial charge in [-0.15, -0.1) is 0 Å². The summed E-state index contributed by atoms with van der Waals surface area (Å²) in [5.41, 5.74) is 5.63. The van der Waals surface area contributed by atoms with E-state index < -0.39 is 6.17 Å². The predicted molar refractivity (Wildman–Crippen MR) is 173 cm³/mol. The maximum Gasteiger partial charge on any atom is 0.221 e. The first kappa shape index (κ1) is 35.2. The van der Waals surface area contributed by atoms with Crippen LogP contribution in [0.4, 0.5) is 0 Å². The van der Waals surface area contributed by atoms with E-state index in [1.165, 1.54) is 0 Å². The van der Waals surface area contributed by atoms with E-state index in [2.05, 4.69) is 72.9 Å². The minimum absolute atomic E-state index is 0.0918. The number of phenols is 2. The fraction of sp³-hybridized carbons (Fsp3) is 0.611. The van der Waals surface area contributed by atoms with Gasteiger partial charge in [0, 0.05) is 12.8 Å². The Kier molecular flexibility index (Phi) is 12.9. The SMILES string of the molecule is CCCCCC(NC(=O)CCc1cc(C(C)(C)C)c(O)cc1CC)NC(=O)CCc1cc(C(C)(C)C)c(O)cc1CC. The van der Waals surface area contributed by atoms with Crippen molar-refractivity contribution in [3.05, 3.63) is 57.6 Å². The molecule has 2 aromatic carbocycles. The van der Waals surface area contributed by atoms with E-state index >= 15 is 0 Å². The summed E-state index contributed by atoms with van der Waals surface area (Å²) in [4.78, 5) is 26.2. The molecule has 2 rings (SSSR count). The molecule has 4 N–H and O–H groups in total. The van der Waals surface area contributed by atoms with Crippen LogP contribution in [0.15, 0.2) is 24.3 Å². The van der Waals surface area contributed by atoms with Gasteiger partial charge in [0.15, 0.2) is 0 Å². The van der Waals surface area contributed by atoms with E-state index in [1.807, 2.05) is 24.3 Å². The normalized spacial score (nSPS) is 12.0. The van der Waals surface area contributed by atoms with Crippen molar-refractivity contribution in [3.8, 4) is 11.5 Å². The molecule has 6 heteroatoms. The van der Waals surface area contributed by atoms with Gasteiger partial charge in [-0.3, -0.25) is 9.59 Å². The number of rotatable bonds is 14. The Balaban J connectivity index is 2.09. The molecule has 0 atom stereocenters. The lowest BCUT2D eigenvalue weighted by Crippen LogP contribution is -2.48. The fourth-order valence-electron chi connectivity index (χ4n) is 5.49. The lowest BCUT2D eigenvalue weighted by molar-refractivity contribution is -0.124. The number of carbonyl (C=O) groups is 2. The number of aromatic hydroxyl groups is 2. The van der Waals surface area contributed by atoms with Crippen LogP contribution in [0.1, 0.15) is 134 Å². The molecule has 0 spiro atoms. The molecule has 0 radical (unpaired) electrons. The molecule has 6 nitrogen and oxygen atoms in total. The number of hydrogen-bond acceptors (Lipinski definition) is 4. The highest BCUT2D eigenvalue weighted by atomic mass is 16.3. The molecule has 0 aliphatic heterocycles. The Morgan fingerprint density at radius 2 is 1.07 bits per heavy atom. The van der Waals surface area contributed by atoms with Crippen molar-refractivity contribution in [2.45, 2.75) is 144 Å². The highest BCUT2D eigenvalue weighted by Gasteiger charge is 2.22. The lowest BCUT2D eigenvalue weighted by Gasteiger charge is -2.24. The molecule has 42 heavy (non-hydrogen) atoms. The van der Waals surface area contributed by atoms with Crippen molar-refractivity contribution < 1.29 is 19.8 Å². The molecule has 0 saturated carbocycles. The molecule has 0 aliphatic rings. The van der Waals surface area contributed by atoms with Crippen LogP contribution in [0.5, 0.6) is 11.5 Å². The molecule has 234 valence electrons. The van der Waals surface area contributed by atoms with Crippen molar-refractivity contribution in [1.82, 2.24) is 10.6 Å². The smallest absolute Gasteiger partial charge is 0.221 e. The summed E-state index contributed by atoms with van der Waals surface area (Å²) in [7, 11) is 0. The van der Waals surface area contributed by atoms with Gasteiger partial charge in [0.2, 0.25) is 11.8 Å². The first-order valence-corrected chi connectivity index (χ1v) is 15.9. The Morgan fingerprint density at radius 3 is 1.40 bits per heavy atom. The fourth-order valence-corrected chi connectivity index (χ4v) is 5.49. The molecule has 0 unspecified atom stereocenters. The summed E-state index contributed by atoms with van der Waals surface area (Å²) in [6.45, 7) is 18.7. The minimum atomic E-state index is -0.414. The third kappa shape index (κ3) is 10.4. The van der Waals surface area contributed by atoms with Gasteiger partial charge in [-0.1, -0.05) is 87.3 Å². The van der Waals surface area contributed by atoms with Gasteiger partial charge >= 0.3 is 0 Å². The minimum Gasteiger partial charge on any atom is -0.508 e. The molecular formula is C36H56N2O4. The van der Waals surface area contributed by atoms with E-state index in [1.54, 1.807) is 0 Å². The van der Waals surface area contributed by atoms with Crippen LogP contribution < -0.4 is 10.6 Å². The van der Waals surface area contributed by atoms with Gasteiger partial charge < -0.3 is 20.8 Å². The number of carbonyl (C=O) groups excluding carboxylic acids is 2. The highest BCUT2D eigenvalue weighted by Crippen LogP contribution is 2.35. The number of amides is 2. The van der Waals surface area contributed by atoms with E-state index in [4.69, 9.17) is 0 Å². The molecular weight excluding hydrogens is 524 g/mol. The number of benzene rings is 2. The molecule has 0 heterocycles. The number of unbranched alkanes of at least 4 members (excludes halogenated alkanes) is 2. The molecule has 0 bridgehead atoms. The number of phenolic OH excluding ortho intramolecular Hbond substituents is 2. The standard InChI is InChI=1S/C36H56N2O4/c1-10-13-14-15-32(37-33(41)18-16-26-20-28(35(4,5)6)30(39)22-24(26)11-2)38-34(42)19-17-27-21-29(36(7,8)9)31(40)23-25(27)12-3/h20-23,32,39-40H,10-19H2,1-9H3,(H,37,41)(H,38,42).